The second kappa shape index (κ2) is 6.86. The number of nitrogen functional groups attached to an aromatic ring is 1. The minimum atomic E-state index is -0.512. The quantitative estimate of drug-likeness (QED) is 0.448. The summed E-state index contributed by atoms with van der Waals surface area (Å²) >= 11 is 0. The Morgan fingerprint density at radius 1 is 1.20 bits per heavy atom. The van der Waals surface area contributed by atoms with E-state index in [2.05, 4.69) is 10.5 Å². The molecule has 0 saturated carbocycles. The van der Waals surface area contributed by atoms with Crippen LogP contribution in [0.1, 0.15) is 50.6 Å². The van der Waals surface area contributed by atoms with Gasteiger partial charge in [-0.05, 0) is 44.0 Å². The number of amides is 2. The van der Waals surface area contributed by atoms with Crippen LogP contribution in [-0.2, 0) is 6.42 Å². The SMILES string of the molecule is Cc1c(C(=O)NN)oc2c1/C(=N/NC(=O)c1ccc(F)cc1)CCC2. The number of aryl methyl sites for hydroxylation is 1. The Bertz CT molecular complexity index is 856. The number of hydrogen-bond donors (Lipinski definition) is 3. The third-order valence-electron chi connectivity index (χ3n) is 4.06. The second-order valence-corrected chi connectivity index (χ2v) is 5.69. The number of rotatable bonds is 3. The van der Waals surface area contributed by atoms with Crippen molar-refractivity contribution in [1.82, 2.24) is 10.9 Å². The first-order chi connectivity index (χ1) is 12.0. The van der Waals surface area contributed by atoms with Gasteiger partial charge < -0.3 is 4.42 Å². The summed E-state index contributed by atoms with van der Waals surface area (Å²) in [5.74, 6) is 4.59. The molecule has 25 heavy (non-hydrogen) atoms. The van der Waals surface area contributed by atoms with Gasteiger partial charge in [0.05, 0.1) is 5.71 Å². The smallest absolute Gasteiger partial charge is 0.301 e. The summed E-state index contributed by atoms with van der Waals surface area (Å²) in [6.45, 7) is 1.75. The van der Waals surface area contributed by atoms with Crippen LogP contribution in [-0.4, -0.2) is 17.5 Å². The number of furan rings is 1. The molecule has 1 heterocycles. The molecule has 0 atom stereocenters. The van der Waals surface area contributed by atoms with Crippen LogP contribution in [0.4, 0.5) is 4.39 Å². The van der Waals surface area contributed by atoms with E-state index in [1.165, 1.54) is 24.3 Å². The predicted octanol–water partition coefficient (Wildman–Crippen LogP) is 1.80. The average molecular weight is 344 g/mol. The van der Waals surface area contributed by atoms with Gasteiger partial charge in [-0.1, -0.05) is 0 Å². The van der Waals surface area contributed by atoms with Crippen molar-refractivity contribution in [1.29, 1.82) is 0 Å². The highest BCUT2D eigenvalue weighted by molar-refractivity contribution is 6.07. The van der Waals surface area contributed by atoms with Crippen LogP contribution in [0, 0.1) is 12.7 Å². The van der Waals surface area contributed by atoms with Gasteiger partial charge in [0.1, 0.15) is 11.6 Å². The van der Waals surface area contributed by atoms with Gasteiger partial charge in [0, 0.05) is 23.1 Å². The molecular formula is C17H17FN4O3. The van der Waals surface area contributed by atoms with Crippen molar-refractivity contribution in [2.45, 2.75) is 26.2 Å². The highest BCUT2D eigenvalue weighted by Gasteiger charge is 2.27. The van der Waals surface area contributed by atoms with Crippen molar-refractivity contribution in [2.75, 3.05) is 0 Å². The first kappa shape index (κ1) is 16.8. The summed E-state index contributed by atoms with van der Waals surface area (Å²) in [6, 6.07) is 5.17. The number of carbonyl (C=O) groups excluding carboxylic acids is 2. The largest absolute Gasteiger partial charge is 0.455 e. The lowest BCUT2D eigenvalue weighted by Crippen LogP contribution is -2.30. The molecule has 1 aromatic carbocycles. The molecule has 2 amide bonds. The third-order valence-corrected chi connectivity index (χ3v) is 4.06. The number of fused-ring (bicyclic) bond motifs is 1. The van der Waals surface area contributed by atoms with E-state index < -0.39 is 17.6 Å². The summed E-state index contributed by atoms with van der Waals surface area (Å²) in [6.07, 6.45) is 2.11. The van der Waals surface area contributed by atoms with E-state index in [1.807, 2.05) is 5.43 Å². The van der Waals surface area contributed by atoms with E-state index in [9.17, 15) is 14.0 Å². The number of hydrazone groups is 1. The summed E-state index contributed by atoms with van der Waals surface area (Å²) < 4.78 is 18.5. The minimum absolute atomic E-state index is 0.145. The van der Waals surface area contributed by atoms with Crippen LogP contribution in [0.2, 0.25) is 0 Å². The number of hydrogen-bond acceptors (Lipinski definition) is 5. The van der Waals surface area contributed by atoms with Crippen molar-refractivity contribution < 1.29 is 18.4 Å². The zero-order valence-corrected chi connectivity index (χ0v) is 13.6. The van der Waals surface area contributed by atoms with Gasteiger partial charge in [-0.3, -0.25) is 15.0 Å². The number of carbonyl (C=O) groups is 2. The zero-order chi connectivity index (χ0) is 18.0. The average Bonchev–Trinajstić information content (AvgIpc) is 2.97. The number of halogens is 1. The van der Waals surface area contributed by atoms with Gasteiger partial charge in [0.2, 0.25) is 0 Å². The topological polar surface area (TPSA) is 110 Å². The maximum atomic E-state index is 12.9. The van der Waals surface area contributed by atoms with E-state index in [4.69, 9.17) is 10.3 Å². The number of nitrogens with two attached hydrogens (primary N) is 1. The zero-order valence-electron chi connectivity index (χ0n) is 13.6. The Kier molecular flexibility index (Phi) is 4.62. The molecule has 3 rings (SSSR count). The molecule has 0 radical (unpaired) electrons. The fraction of sp³-hybridized carbons (Fsp3) is 0.235. The van der Waals surface area contributed by atoms with Crippen LogP contribution < -0.4 is 16.7 Å². The van der Waals surface area contributed by atoms with Crippen molar-refractivity contribution in [3.05, 3.63) is 58.3 Å². The Morgan fingerprint density at radius 2 is 1.92 bits per heavy atom. The molecule has 1 aliphatic rings. The first-order valence-electron chi connectivity index (χ1n) is 7.77. The van der Waals surface area contributed by atoms with E-state index in [0.29, 0.717) is 35.4 Å². The molecule has 4 N–H and O–H groups in total. The Balaban J connectivity index is 1.86. The maximum Gasteiger partial charge on any atom is 0.301 e. The molecular weight excluding hydrogens is 327 g/mol. The predicted molar refractivity (Wildman–Crippen MR) is 88.4 cm³/mol. The number of benzene rings is 1. The first-order valence-corrected chi connectivity index (χ1v) is 7.77. The molecule has 0 spiro atoms. The molecule has 130 valence electrons. The second-order valence-electron chi connectivity index (χ2n) is 5.69. The van der Waals surface area contributed by atoms with Gasteiger partial charge in [0.15, 0.2) is 5.76 Å². The summed E-state index contributed by atoms with van der Waals surface area (Å²) in [4.78, 5) is 23.9. The van der Waals surface area contributed by atoms with Crippen LogP contribution in [0.15, 0.2) is 33.8 Å². The monoisotopic (exact) mass is 344 g/mol. The molecule has 1 aromatic heterocycles. The van der Waals surface area contributed by atoms with E-state index in [0.717, 1.165) is 12.0 Å². The third kappa shape index (κ3) is 3.29. The highest BCUT2D eigenvalue weighted by atomic mass is 19.1. The van der Waals surface area contributed by atoms with Crippen molar-refractivity contribution in [2.24, 2.45) is 10.9 Å². The lowest BCUT2D eigenvalue weighted by molar-refractivity contribution is 0.0921. The number of hydrazine groups is 1. The van der Waals surface area contributed by atoms with Gasteiger partial charge >= 0.3 is 5.91 Å². The van der Waals surface area contributed by atoms with Gasteiger partial charge in [-0.25, -0.2) is 15.7 Å². The molecule has 0 fully saturated rings. The highest BCUT2D eigenvalue weighted by Crippen LogP contribution is 2.29. The van der Waals surface area contributed by atoms with Crippen LogP contribution in [0.25, 0.3) is 0 Å². The van der Waals surface area contributed by atoms with Crippen LogP contribution >= 0.6 is 0 Å². The fourth-order valence-electron chi connectivity index (χ4n) is 2.85. The molecule has 0 aliphatic heterocycles. The number of nitrogens with one attached hydrogen (secondary N) is 2. The fourth-order valence-corrected chi connectivity index (χ4v) is 2.85. The van der Waals surface area contributed by atoms with Crippen molar-refractivity contribution in [3.63, 3.8) is 0 Å². The van der Waals surface area contributed by atoms with Crippen LogP contribution in [0.5, 0.6) is 0 Å². The standard InChI is InChI=1S/C17H17FN4O3/c1-9-14-12(3-2-4-13(14)25-15(9)17(24)20-19)21-22-16(23)10-5-7-11(18)8-6-10/h5-8H,2-4,19H2,1H3,(H,20,24)(H,22,23)/b21-12+. The Morgan fingerprint density at radius 3 is 2.60 bits per heavy atom. The maximum absolute atomic E-state index is 12.9. The lowest BCUT2D eigenvalue weighted by Gasteiger charge is -2.13. The number of nitrogens with zero attached hydrogens (tertiary/aromatic N) is 1. The lowest BCUT2D eigenvalue weighted by atomic mass is 9.93. The Labute approximate surface area is 143 Å². The van der Waals surface area contributed by atoms with E-state index in [-0.39, 0.29) is 5.76 Å². The van der Waals surface area contributed by atoms with Gasteiger partial charge in [0.25, 0.3) is 5.91 Å². The molecule has 2 aromatic rings. The van der Waals surface area contributed by atoms with Crippen LogP contribution in [0.3, 0.4) is 0 Å². The van der Waals surface area contributed by atoms with E-state index >= 15 is 0 Å². The van der Waals surface area contributed by atoms with Gasteiger partial charge in [-0.2, -0.15) is 5.10 Å². The van der Waals surface area contributed by atoms with E-state index in [1.54, 1.807) is 6.92 Å². The molecule has 0 saturated heterocycles. The molecule has 0 bridgehead atoms. The molecule has 7 nitrogen and oxygen atoms in total. The van der Waals surface area contributed by atoms with Crippen molar-refractivity contribution >= 4 is 17.5 Å². The molecule has 0 unspecified atom stereocenters. The minimum Gasteiger partial charge on any atom is -0.455 e. The Hall–Kier alpha value is -3.00. The summed E-state index contributed by atoms with van der Waals surface area (Å²) in [7, 11) is 0. The normalized spacial score (nSPS) is 14.9. The van der Waals surface area contributed by atoms with Gasteiger partial charge in [-0.15, -0.1) is 0 Å². The molecule has 1 aliphatic carbocycles. The summed E-state index contributed by atoms with van der Waals surface area (Å²) in [5.41, 5.74) is 6.81. The van der Waals surface area contributed by atoms with Crippen molar-refractivity contribution in [3.8, 4) is 0 Å². The molecule has 8 heteroatoms. The summed E-state index contributed by atoms with van der Waals surface area (Å²) in [5, 5.41) is 4.18.